The zero-order valence-electron chi connectivity index (χ0n) is 13.0. The van der Waals surface area contributed by atoms with Gasteiger partial charge in [0.2, 0.25) is 0 Å². The van der Waals surface area contributed by atoms with Crippen molar-refractivity contribution in [2.45, 2.75) is 53.4 Å². The molecule has 4 nitrogen and oxygen atoms in total. The van der Waals surface area contributed by atoms with Gasteiger partial charge in [-0.3, -0.25) is 0 Å². The molecule has 1 aromatic rings. The molecule has 0 atom stereocenters. The quantitative estimate of drug-likeness (QED) is 0.700. The smallest absolute Gasteiger partial charge is 0.135 e. The van der Waals surface area contributed by atoms with Crippen LogP contribution in [0.3, 0.4) is 0 Å². The lowest BCUT2D eigenvalue weighted by atomic mass is 10.1. The minimum atomic E-state index is 0.342. The van der Waals surface area contributed by atoms with Crippen LogP contribution in [0, 0.1) is 5.92 Å². The average molecular weight is 264 g/mol. The van der Waals surface area contributed by atoms with Crippen LogP contribution in [0.15, 0.2) is 6.07 Å². The van der Waals surface area contributed by atoms with Gasteiger partial charge in [0, 0.05) is 25.1 Å². The largest absolute Gasteiger partial charge is 0.370 e. The van der Waals surface area contributed by atoms with Gasteiger partial charge >= 0.3 is 0 Å². The Hall–Kier alpha value is -1.32. The number of nitrogens with zero attached hydrogens (tertiary/aromatic N) is 2. The van der Waals surface area contributed by atoms with Crippen molar-refractivity contribution in [1.82, 2.24) is 9.97 Å². The second kappa shape index (κ2) is 7.97. The van der Waals surface area contributed by atoms with E-state index in [1.54, 1.807) is 0 Å². The number of aromatic nitrogens is 2. The van der Waals surface area contributed by atoms with Crippen molar-refractivity contribution in [2.75, 3.05) is 23.7 Å². The van der Waals surface area contributed by atoms with Gasteiger partial charge in [-0.25, -0.2) is 9.97 Å². The van der Waals surface area contributed by atoms with E-state index in [9.17, 15) is 0 Å². The Morgan fingerprint density at radius 1 is 1.05 bits per heavy atom. The van der Waals surface area contributed by atoms with Gasteiger partial charge in [-0.05, 0) is 25.7 Å². The number of hydrogen-bond donors (Lipinski definition) is 2. The van der Waals surface area contributed by atoms with Crippen LogP contribution < -0.4 is 10.6 Å². The first-order valence-electron chi connectivity index (χ1n) is 7.39. The van der Waals surface area contributed by atoms with Crippen LogP contribution in [0.2, 0.25) is 0 Å². The highest BCUT2D eigenvalue weighted by molar-refractivity contribution is 5.47. The van der Waals surface area contributed by atoms with E-state index in [1.807, 2.05) is 6.07 Å². The van der Waals surface area contributed by atoms with Crippen LogP contribution in [-0.2, 0) is 0 Å². The summed E-state index contributed by atoms with van der Waals surface area (Å²) in [6.07, 6.45) is 2.42. The van der Waals surface area contributed by atoms with Gasteiger partial charge in [0.05, 0.1) is 0 Å². The summed E-state index contributed by atoms with van der Waals surface area (Å²) in [6.45, 7) is 12.7. The summed E-state index contributed by atoms with van der Waals surface area (Å²) in [6, 6.07) is 1.99. The predicted octanol–water partition coefficient (Wildman–Crippen LogP) is 3.88. The number of anilines is 2. The molecule has 1 rings (SSSR count). The van der Waals surface area contributed by atoms with E-state index in [0.29, 0.717) is 5.92 Å². The van der Waals surface area contributed by atoms with Crippen molar-refractivity contribution in [2.24, 2.45) is 5.92 Å². The summed E-state index contributed by atoms with van der Waals surface area (Å²) in [5.41, 5.74) is 0. The van der Waals surface area contributed by atoms with E-state index in [0.717, 1.165) is 36.5 Å². The average Bonchev–Trinajstić information content (AvgIpc) is 2.34. The molecule has 0 aliphatic rings. The Morgan fingerprint density at radius 3 is 2.21 bits per heavy atom. The van der Waals surface area contributed by atoms with Crippen LogP contribution in [0.5, 0.6) is 0 Å². The van der Waals surface area contributed by atoms with Crippen molar-refractivity contribution in [3.05, 3.63) is 11.9 Å². The van der Waals surface area contributed by atoms with E-state index in [-0.39, 0.29) is 0 Å². The SMILES string of the molecule is CCNc1cc(NCCCC(C)C)nc(C(C)C)n1. The molecule has 1 heterocycles. The molecule has 0 bridgehead atoms. The molecule has 0 aliphatic carbocycles. The van der Waals surface area contributed by atoms with Gasteiger partial charge in [0.25, 0.3) is 0 Å². The third-order valence-corrected chi connectivity index (χ3v) is 2.88. The van der Waals surface area contributed by atoms with Crippen LogP contribution >= 0.6 is 0 Å². The summed E-state index contributed by atoms with van der Waals surface area (Å²) in [7, 11) is 0. The maximum atomic E-state index is 4.57. The Labute approximate surface area is 117 Å². The standard InChI is InChI=1S/C15H28N4/c1-6-16-13-10-14(17-9-7-8-11(2)3)19-15(18-13)12(4)5/h10-12H,6-9H2,1-5H3,(H2,16,17,18,19). The first-order valence-corrected chi connectivity index (χ1v) is 7.39. The van der Waals surface area contributed by atoms with Crippen LogP contribution in [0.1, 0.15) is 59.2 Å². The first kappa shape index (κ1) is 15.7. The molecule has 0 fully saturated rings. The Kier molecular flexibility index (Phi) is 6.60. The second-order valence-corrected chi connectivity index (χ2v) is 5.64. The van der Waals surface area contributed by atoms with Gasteiger partial charge in [-0.2, -0.15) is 0 Å². The van der Waals surface area contributed by atoms with Crippen molar-refractivity contribution in [3.8, 4) is 0 Å². The van der Waals surface area contributed by atoms with Crippen LogP contribution in [0.4, 0.5) is 11.6 Å². The molecule has 1 aromatic heterocycles. The fourth-order valence-corrected chi connectivity index (χ4v) is 1.81. The lowest BCUT2D eigenvalue weighted by Gasteiger charge is -2.12. The summed E-state index contributed by atoms with van der Waals surface area (Å²) in [4.78, 5) is 9.09. The zero-order chi connectivity index (χ0) is 14.3. The molecular weight excluding hydrogens is 236 g/mol. The number of rotatable bonds is 8. The molecule has 2 N–H and O–H groups in total. The lowest BCUT2D eigenvalue weighted by Crippen LogP contribution is -2.10. The van der Waals surface area contributed by atoms with Gasteiger partial charge in [0.1, 0.15) is 17.5 Å². The summed E-state index contributed by atoms with van der Waals surface area (Å²) < 4.78 is 0. The first-order chi connectivity index (χ1) is 9.02. The van der Waals surface area contributed by atoms with Crippen molar-refractivity contribution < 1.29 is 0 Å². The molecular formula is C15H28N4. The van der Waals surface area contributed by atoms with Gasteiger partial charge in [-0.1, -0.05) is 27.7 Å². The molecule has 0 unspecified atom stereocenters. The normalized spacial score (nSPS) is 11.1. The van der Waals surface area contributed by atoms with Gasteiger partial charge in [0.15, 0.2) is 0 Å². The maximum Gasteiger partial charge on any atom is 0.135 e. The molecule has 0 radical (unpaired) electrons. The van der Waals surface area contributed by atoms with E-state index in [2.05, 4.69) is 55.2 Å². The van der Waals surface area contributed by atoms with Crippen LogP contribution in [-0.4, -0.2) is 23.1 Å². The zero-order valence-corrected chi connectivity index (χ0v) is 13.0. The third kappa shape index (κ3) is 5.90. The lowest BCUT2D eigenvalue weighted by molar-refractivity contribution is 0.566. The van der Waals surface area contributed by atoms with Crippen molar-refractivity contribution in [3.63, 3.8) is 0 Å². The molecule has 4 heteroatoms. The molecule has 0 saturated heterocycles. The minimum Gasteiger partial charge on any atom is -0.370 e. The molecule has 0 amide bonds. The highest BCUT2D eigenvalue weighted by Crippen LogP contribution is 2.17. The highest BCUT2D eigenvalue weighted by atomic mass is 15.1. The summed E-state index contributed by atoms with van der Waals surface area (Å²) in [5.74, 6) is 3.83. The minimum absolute atomic E-state index is 0.342. The highest BCUT2D eigenvalue weighted by Gasteiger charge is 2.07. The summed E-state index contributed by atoms with van der Waals surface area (Å²) >= 11 is 0. The molecule has 0 spiro atoms. The van der Waals surface area contributed by atoms with Crippen LogP contribution in [0.25, 0.3) is 0 Å². The molecule has 0 aromatic carbocycles. The van der Waals surface area contributed by atoms with Crippen molar-refractivity contribution in [1.29, 1.82) is 0 Å². The summed E-state index contributed by atoms with van der Waals surface area (Å²) in [5, 5.41) is 6.66. The monoisotopic (exact) mass is 264 g/mol. The number of hydrogen-bond acceptors (Lipinski definition) is 4. The molecule has 0 aliphatic heterocycles. The van der Waals surface area contributed by atoms with Crippen molar-refractivity contribution >= 4 is 11.6 Å². The topological polar surface area (TPSA) is 49.8 Å². The fourth-order valence-electron chi connectivity index (χ4n) is 1.81. The Bertz CT molecular complexity index is 374. The Balaban J connectivity index is 2.65. The number of nitrogens with one attached hydrogen (secondary N) is 2. The van der Waals surface area contributed by atoms with E-state index in [4.69, 9.17) is 0 Å². The van der Waals surface area contributed by atoms with Gasteiger partial charge < -0.3 is 10.6 Å². The van der Waals surface area contributed by atoms with Gasteiger partial charge in [-0.15, -0.1) is 0 Å². The molecule has 0 saturated carbocycles. The van der Waals surface area contributed by atoms with E-state index < -0.39 is 0 Å². The predicted molar refractivity (Wildman–Crippen MR) is 82.8 cm³/mol. The molecule has 19 heavy (non-hydrogen) atoms. The fraction of sp³-hybridized carbons (Fsp3) is 0.733. The van der Waals surface area contributed by atoms with E-state index in [1.165, 1.54) is 12.8 Å². The van der Waals surface area contributed by atoms with E-state index >= 15 is 0 Å². The third-order valence-electron chi connectivity index (χ3n) is 2.88. The second-order valence-electron chi connectivity index (χ2n) is 5.64. The molecule has 108 valence electrons. The maximum absolute atomic E-state index is 4.57. The Morgan fingerprint density at radius 2 is 1.68 bits per heavy atom.